The van der Waals surface area contributed by atoms with Crippen molar-refractivity contribution >= 4 is 10.9 Å². The molecule has 2 aromatic rings. The molecule has 0 atom stereocenters. The molecule has 2 rings (SSSR count). The second kappa shape index (κ2) is 12.1. The summed E-state index contributed by atoms with van der Waals surface area (Å²) in [5.74, 6) is 0.881. The largest absolute Gasteiger partial charge is 1.00 e. The summed E-state index contributed by atoms with van der Waals surface area (Å²) < 4.78 is 0. The van der Waals surface area contributed by atoms with E-state index in [1.807, 2.05) is 6.07 Å². The Labute approximate surface area is 168 Å². The van der Waals surface area contributed by atoms with Gasteiger partial charge in [-0.3, -0.25) is 0 Å². The van der Waals surface area contributed by atoms with Gasteiger partial charge in [0.1, 0.15) is 5.75 Å². The quantitative estimate of drug-likeness (QED) is 0.218. The molecule has 0 aromatic heterocycles. The SMILES string of the molecule is C[S+](C)CCc1ccc(O)c(O)c1.NCCc1ccc(O)c(O)c1.[I-]. The first-order valence-corrected chi connectivity index (χ1v) is 9.80. The number of phenolic OH excluding ortho intramolecular Hbond substituents is 4. The number of benzene rings is 2. The highest BCUT2D eigenvalue weighted by atomic mass is 127. The van der Waals surface area contributed by atoms with Crippen LogP contribution in [0.25, 0.3) is 0 Å². The molecule has 5 nitrogen and oxygen atoms in total. The summed E-state index contributed by atoms with van der Waals surface area (Å²) in [6, 6.07) is 9.72. The van der Waals surface area contributed by atoms with Gasteiger partial charge in [-0.15, -0.1) is 0 Å². The summed E-state index contributed by atoms with van der Waals surface area (Å²) in [6.07, 6.45) is 6.07. The van der Waals surface area contributed by atoms with Crippen LogP contribution < -0.4 is 29.7 Å². The van der Waals surface area contributed by atoms with E-state index < -0.39 is 0 Å². The molecule has 0 fully saturated rings. The molecule has 0 heterocycles. The number of hydrogen-bond donors (Lipinski definition) is 5. The van der Waals surface area contributed by atoms with E-state index >= 15 is 0 Å². The predicted octanol–water partition coefficient (Wildman–Crippen LogP) is -0.879. The van der Waals surface area contributed by atoms with Crippen LogP contribution in [0.5, 0.6) is 23.0 Å². The van der Waals surface area contributed by atoms with Crippen molar-refractivity contribution in [3.8, 4) is 23.0 Å². The normalized spacial score (nSPS) is 9.92. The first-order valence-electron chi connectivity index (χ1n) is 7.59. The van der Waals surface area contributed by atoms with Gasteiger partial charge in [0.25, 0.3) is 0 Å². The van der Waals surface area contributed by atoms with E-state index in [1.54, 1.807) is 12.1 Å². The smallest absolute Gasteiger partial charge is 0.157 e. The zero-order chi connectivity index (χ0) is 18.1. The molecule has 0 aliphatic rings. The fourth-order valence-electron chi connectivity index (χ4n) is 1.94. The topological polar surface area (TPSA) is 107 Å². The van der Waals surface area contributed by atoms with Crippen LogP contribution in [0.2, 0.25) is 0 Å². The maximum atomic E-state index is 9.22. The Morgan fingerprint density at radius 3 is 1.56 bits per heavy atom. The van der Waals surface area contributed by atoms with Crippen molar-refractivity contribution in [3.63, 3.8) is 0 Å². The Balaban J connectivity index is 0.000000449. The van der Waals surface area contributed by atoms with Crippen molar-refractivity contribution in [2.24, 2.45) is 5.73 Å². The highest BCUT2D eigenvalue weighted by Crippen LogP contribution is 2.25. The number of hydrogen-bond acceptors (Lipinski definition) is 5. The van der Waals surface area contributed by atoms with Crippen molar-refractivity contribution in [2.75, 3.05) is 24.8 Å². The first kappa shape index (κ1) is 23.7. The Morgan fingerprint density at radius 2 is 1.20 bits per heavy atom. The summed E-state index contributed by atoms with van der Waals surface area (Å²) in [5, 5.41) is 36.3. The van der Waals surface area contributed by atoms with E-state index in [2.05, 4.69) is 12.5 Å². The number of aryl methyl sites for hydroxylation is 1. The summed E-state index contributed by atoms with van der Waals surface area (Å²) in [5.41, 5.74) is 7.32. The molecule has 0 saturated carbocycles. The molecule has 0 bridgehead atoms. The van der Waals surface area contributed by atoms with Crippen LogP contribution in [0.3, 0.4) is 0 Å². The fourth-order valence-corrected chi connectivity index (χ4v) is 2.58. The minimum atomic E-state index is -0.0919. The van der Waals surface area contributed by atoms with Crippen LogP contribution in [-0.2, 0) is 23.7 Å². The van der Waals surface area contributed by atoms with Gasteiger partial charge in [-0.1, -0.05) is 12.1 Å². The third-order valence-electron chi connectivity index (χ3n) is 3.31. The lowest BCUT2D eigenvalue weighted by Gasteiger charge is -2.01. The molecule has 0 radical (unpaired) electrons. The minimum Gasteiger partial charge on any atom is -1.00 e. The number of halogens is 1. The molecule has 2 aromatic carbocycles. The molecule has 0 unspecified atom stereocenters. The zero-order valence-electron chi connectivity index (χ0n) is 14.4. The van der Waals surface area contributed by atoms with Crippen LogP contribution >= 0.6 is 0 Å². The molecule has 25 heavy (non-hydrogen) atoms. The van der Waals surface area contributed by atoms with Gasteiger partial charge in [-0.2, -0.15) is 0 Å². The van der Waals surface area contributed by atoms with Gasteiger partial charge in [0.05, 0.1) is 12.5 Å². The molecule has 0 saturated heterocycles. The zero-order valence-corrected chi connectivity index (χ0v) is 17.4. The van der Waals surface area contributed by atoms with E-state index in [9.17, 15) is 5.11 Å². The molecule has 0 aliphatic carbocycles. The molecule has 0 spiro atoms. The van der Waals surface area contributed by atoms with Gasteiger partial charge in [-0.05, 0) is 59.3 Å². The van der Waals surface area contributed by atoms with Crippen LogP contribution in [0.1, 0.15) is 11.1 Å². The number of nitrogens with two attached hydrogens (primary N) is 1. The minimum absolute atomic E-state index is 0. The lowest BCUT2D eigenvalue weighted by atomic mass is 10.1. The Hall–Kier alpha value is -1.32. The van der Waals surface area contributed by atoms with Crippen molar-refractivity contribution in [1.29, 1.82) is 0 Å². The first-order chi connectivity index (χ1) is 11.3. The second-order valence-electron chi connectivity index (χ2n) is 5.62. The lowest BCUT2D eigenvalue weighted by molar-refractivity contribution is -0.00000875. The molecular formula is C18H26INO4S. The summed E-state index contributed by atoms with van der Waals surface area (Å²) in [6.45, 7) is 0.546. The van der Waals surface area contributed by atoms with Crippen molar-refractivity contribution in [1.82, 2.24) is 0 Å². The Morgan fingerprint density at radius 1 is 0.760 bits per heavy atom. The Bertz CT molecular complexity index is 653. The van der Waals surface area contributed by atoms with Crippen molar-refractivity contribution in [2.45, 2.75) is 12.8 Å². The molecular weight excluding hydrogens is 453 g/mol. The third kappa shape index (κ3) is 9.08. The average molecular weight is 479 g/mol. The van der Waals surface area contributed by atoms with E-state index in [0.717, 1.165) is 23.3 Å². The molecule has 0 amide bonds. The summed E-state index contributed by atoms with van der Waals surface area (Å²) in [7, 11) is 0.428. The monoisotopic (exact) mass is 479 g/mol. The van der Waals surface area contributed by atoms with E-state index in [-0.39, 0.29) is 47.0 Å². The number of phenols is 4. The van der Waals surface area contributed by atoms with Gasteiger partial charge >= 0.3 is 0 Å². The van der Waals surface area contributed by atoms with Gasteiger partial charge in [0.2, 0.25) is 0 Å². The fraction of sp³-hybridized carbons (Fsp3) is 0.333. The highest BCUT2D eigenvalue weighted by Gasteiger charge is 2.05. The summed E-state index contributed by atoms with van der Waals surface area (Å²) in [4.78, 5) is 0. The maximum Gasteiger partial charge on any atom is 0.157 e. The average Bonchev–Trinajstić information content (AvgIpc) is 2.53. The van der Waals surface area contributed by atoms with Crippen LogP contribution in [0, 0.1) is 0 Å². The Kier molecular flexibility index (Phi) is 11.5. The van der Waals surface area contributed by atoms with Gasteiger partial charge in [0.15, 0.2) is 23.0 Å². The van der Waals surface area contributed by atoms with Crippen molar-refractivity contribution in [3.05, 3.63) is 47.5 Å². The molecule has 7 heteroatoms. The van der Waals surface area contributed by atoms with Gasteiger partial charge in [0, 0.05) is 6.42 Å². The third-order valence-corrected chi connectivity index (χ3v) is 4.33. The number of rotatable bonds is 5. The number of aromatic hydroxyl groups is 4. The van der Waals surface area contributed by atoms with Crippen LogP contribution in [0.15, 0.2) is 36.4 Å². The van der Waals surface area contributed by atoms with E-state index in [1.165, 1.54) is 18.2 Å². The van der Waals surface area contributed by atoms with Crippen LogP contribution in [-0.4, -0.2) is 45.2 Å². The van der Waals surface area contributed by atoms with Gasteiger partial charge < -0.3 is 50.1 Å². The molecule has 0 aliphatic heterocycles. The van der Waals surface area contributed by atoms with Crippen molar-refractivity contribution < 1.29 is 44.4 Å². The molecule has 6 N–H and O–H groups in total. The molecule has 140 valence electrons. The maximum absolute atomic E-state index is 9.22. The van der Waals surface area contributed by atoms with Gasteiger partial charge in [-0.25, -0.2) is 0 Å². The lowest BCUT2D eigenvalue weighted by Crippen LogP contribution is -3.00. The standard InChI is InChI=1S/C10H14O2S.C8H11NO2.HI/c1-13(2)6-5-8-3-4-9(11)10(12)7-8;9-4-3-6-1-2-7(10)8(11)5-6;/h3-4,7H,5-6H2,1-2H3,(H-,11,12);1-2,5,10-11H,3-4,9H2;1H. The van der Waals surface area contributed by atoms with E-state index in [4.69, 9.17) is 21.1 Å². The second-order valence-corrected chi connectivity index (χ2v) is 8.00. The predicted molar refractivity (Wildman–Crippen MR) is 100 cm³/mol. The highest BCUT2D eigenvalue weighted by molar-refractivity contribution is 7.95. The van der Waals surface area contributed by atoms with Crippen LogP contribution in [0.4, 0.5) is 0 Å². The summed E-state index contributed by atoms with van der Waals surface area (Å²) >= 11 is 0. The van der Waals surface area contributed by atoms with E-state index in [0.29, 0.717) is 23.9 Å².